The number of carboxylic acid groups (broad SMARTS) is 1. The second-order valence-corrected chi connectivity index (χ2v) is 7.82. The maximum atomic E-state index is 12.1. The van der Waals surface area contributed by atoms with Crippen molar-refractivity contribution >= 4 is 11.7 Å². The number of hydrogen-bond acceptors (Lipinski definition) is 3. The van der Waals surface area contributed by atoms with Gasteiger partial charge in [0.2, 0.25) is 0 Å². The van der Waals surface area contributed by atoms with E-state index in [2.05, 4.69) is 41.0 Å². The highest BCUT2D eigenvalue weighted by atomic mass is 16.4. The van der Waals surface area contributed by atoms with E-state index in [1.165, 1.54) is 12.0 Å². The lowest BCUT2D eigenvalue weighted by Crippen LogP contribution is -2.67. The predicted octanol–water partition coefficient (Wildman–Crippen LogP) is 3.21. The number of anilines is 1. The molecule has 0 saturated carbocycles. The predicted molar refractivity (Wildman–Crippen MR) is 93.1 cm³/mol. The summed E-state index contributed by atoms with van der Waals surface area (Å²) in [6.07, 6.45) is 6.58. The van der Waals surface area contributed by atoms with E-state index in [1.807, 2.05) is 6.07 Å². The molecule has 1 aromatic carbocycles. The molecular weight excluding hydrogens is 300 g/mol. The summed E-state index contributed by atoms with van der Waals surface area (Å²) in [4.78, 5) is 16.9. The van der Waals surface area contributed by atoms with Crippen LogP contribution in [0.3, 0.4) is 0 Å². The van der Waals surface area contributed by atoms with Crippen molar-refractivity contribution in [2.24, 2.45) is 5.41 Å². The van der Waals surface area contributed by atoms with Crippen LogP contribution >= 0.6 is 0 Å². The van der Waals surface area contributed by atoms with E-state index in [9.17, 15) is 9.90 Å². The number of fused-ring (bicyclic) bond motifs is 3. The maximum absolute atomic E-state index is 12.1. The van der Waals surface area contributed by atoms with E-state index >= 15 is 0 Å². The Balaban J connectivity index is 1.76. The third-order valence-electron chi connectivity index (χ3n) is 6.99. The first kappa shape index (κ1) is 14.5. The summed E-state index contributed by atoms with van der Waals surface area (Å²) in [6, 6.07) is 9.19. The van der Waals surface area contributed by atoms with Gasteiger partial charge in [0.05, 0.1) is 6.04 Å². The molecule has 2 saturated heterocycles. The first-order valence-electron chi connectivity index (χ1n) is 9.24. The third kappa shape index (κ3) is 1.65. The van der Waals surface area contributed by atoms with Crippen molar-refractivity contribution < 1.29 is 9.90 Å². The summed E-state index contributed by atoms with van der Waals surface area (Å²) in [5.74, 6) is -0.311. The Labute approximate surface area is 142 Å². The minimum atomic E-state index is -0.778. The molecule has 4 atom stereocenters. The SMILES string of the molecule is CC[C@@]12C=C(C(=O)O)N3c4ccccc4C4CCN(CCC1)[C@@H]2C43. The van der Waals surface area contributed by atoms with E-state index in [4.69, 9.17) is 0 Å². The number of carbonyl (C=O) groups is 1. The van der Waals surface area contributed by atoms with Crippen LogP contribution in [0.2, 0.25) is 0 Å². The molecule has 4 nitrogen and oxygen atoms in total. The molecular formula is C20H24N2O2. The summed E-state index contributed by atoms with van der Waals surface area (Å²) in [5.41, 5.74) is 3.01. The number of piperidine rings is 2. The number of rotatable bonds is 2. The number of nitrogens with zero attached hydrogens (tertiary/aromatic N) is 2. The lowest BCUT2D eigenvalue weighted by molar-refractivity contribution is -0.133. The van der Waals surface area contributed by atoms with Crippen molar-refractivity contribution in [1.29, 1.82) is 0 Å². The molecule has 2 unspecified atom stereocenters. The molecule has 0 amide bonds. The summed E-state index contributed by atoms with van der Waals surface area (Å²) in [5, 5.41) is 9.96. The summed E-state index contributed by atoms with van der Waals surface area (Å²) >= 11 is 0. The summed E-state index contributed by atoms with van der Waals surface area (Å²) < 4.78 is 0. The van der Waals surface area contributed by atoms with E-state index < -0.39 is 5.97 Å². The Morgan fingerprint density at radius 3 is 2.96 bits per heavy atom. The number of para-hydroxylation sites is 1. The normalized spacial score (nSPS) is 36.8. The molecule has 24 heavy (non-hydrogen) atoms. The van der Waals surface area contributed by atoms with Crippen LogP contribution in [0.5, 0.6) is 0 Å². The quantitative estimate of drug-likeness (QED) is 0.907. The zero-order valence-electron chi connectivity index (χ0n) is 14.1. The Morgan fingerprint density at radius 2 is 2.17 bits per heavy atom. The van der Waals surface area contributed by atoms with Crippen molar-refractivity contribution in [2.75, 3.05) is 18.0 Å². The van der Waals surface area contributed by atoms with Gasteiger partial charge < -0.3 is 10.0 Å². The fourth-order valence-electron chi connectivity index (χ4n) is 6.05. The van der Waals surface area contributed by atoms with Gasteiger partial charge in [0, 0.05) is 23.1 Å². The molecule has 5 rings (SSSR count). The molecule has 126 valence electrons. The van der Waals surface area contributed by atoms with E-state index in [-0.39, 0.29) is 11.5 Å². The molecule has 4 heteroatoms. The van der Waals surface area contributed by atoms with Crippen LogP contribution in [0.15, 0.2) is 36.0 Å². The molecule has 0 spiro atoms. The first-order valence-corrected chi connectivity index (χ1v) is 9.24. The van der Waals surface area contributed by atoms with Crippen molar-refractivity contribution in [3.8, 4) is 0 Å². The standard InChI is InChI=1S/C20H24N2O2/c1-2-20-9-5-10-21-11-8-14-13-6-3-4-7-15(13)22(17(14)18(20)21)16(12-20)19(23)24/h3-4,6-7,12,14,17-18H,2,5,8-11H2,1H3,(H,23,24)/t14?,17?,18-,20+/m1/s1. The number of hydrogen-bond donors (Lipinski definition) is 1. The number of aliphatic carboxylic acids is 1. The minimum Gasteiger partial charge on any atom is -0.477 e. The van der Waals surface area contributed by atoms with Gasteiger partial charge in [0.1, 0.15) is 5.70 Å². The number of benzene rings is 1. The average molecular weight is 324 g/mol. The van der Waals surface area contributed by atoms with Gasteiger partial charge in [-0.1, -0.05) is 25.1 Å². The molecule has 4 heterocycles. The van der Waals surface area contributed by atoms with Gasteiger partial charge in [-0.25, -0.2) is 4.79 Å². The van der Waals surface area contributed by atoms with Crippen LogP contribution in [0.25, 0.3) is 0 Å². The molecule has 4 aliphatic heterocycles. The van der Waals surface area contributed by atoms with E-state index in [0.717, 1.165) is 38.0 Å². The molecule has 0 aliphatic carbocycles. The Kier molecular flexibility index (Phi) is 2.94. The van der Waals surface area contributed by atoms with Crippen LogP contribution in [-0.4, -0.2) is 41.1 Å². The highest BCUT2D eigenvalue weighted by molar-refractivity contribution is 5.93. The van der Waals surface area contributed by atoms with Crippen LogP contribution in [0, 0.1) is 5.41 Å². The van der Waals surface area contributed by atoms with Gasteiger partial charge in [-0.15, -0.1) is 0 Å². The molecule has 0 radical (unpaired) electrons. The molecule has 4 aliphatic rings. The van der Waals surface area contributed by atoms with E-state index in [0.29, 0.717) is 17.7 Å². The van der Waals surface area contributed by atoms with E-state index in [1.54, 1.807) is 0 Å². The molecule has 1 N–H and O–H groups in total. The highest BCUT2D eigenvalue weighted by Crippen LogP contribution is 2.58. The van der Waals surface area contributed by atoms with Crippen molar-refractivity contribution in [3.05, 3.63) is 41.6 Å². The van der Waals surface area contributed by atoms with Gasteiger partial charge in [0.15, 0.2) is 0 Å². The first-order chi connectivity index (χ1) is 11.7. The van der Waals surface area contributed by atoms with Gasteiger partial charge in [-0.2, -0.15) is 0 Å². The van der Waals surface area contributed by atoms with Gasteiger partial charge in [-0.3, -0.25) is 4.90 Å². The van der Waals surface area contributed by atoms with Crippen molar-refractivity contribution in [3.63, 3.8) is 0 Å². The topological polar surface area (TPSA) is 43.8 Å². The Morgan fingerprint density at radius 1 is 1.33 bits per heavy atom. The summed E-state index contributed by atoms with van der Waals surface area (Å²) in [7, 11) is 0. The second-order valence-electron chi connectivity index (χ2n) is 7.82. The molecule has 1 aromatic rings. The molecule has 2 fully saturated rings. The van der Waals surface area contributed by atoms with Crippen molar-refractivity contribution in [1.82, 2.24) is 4.90 Å². The van der Waals surface area contributed by atoms with Crippen LogP contribution in [0.4, 0.5) is 5.69 Å². The third-order valence-corrected chi connectivity index (χ3v) is 6.99. The van der Waals surface area contributed by atoms with Gasteiger partial charge >= 0.3 is 5.97 Å². The lowest BCUT2D eigenvalue weighted by atomic mass is 9.62. The highest BCUT2D eigenvalue weighted by Gasteiger charge is 2.59. The minimum absolute atomic E-state index is 0.0217. The summed E-state index contributed by atoms with van der Waals surface area (Å²) in [6.45, 7) is 4.54. The monoisotopic (exact) mass is 324 g/mol. The zero-order chi connectivity index (χ0) is 16.5. The maximum Gasteiger partial charge on any atom is 0.352 e. The average Bonchev–Trinajstić information content (AvgIpc) is 2.95. The lowest BCUT2D eigenvalue weighted by Gasteiger charge is -2.59. The zero-order valence-corrected chi connectivity index (χ0v) is 14.1. The molecule has 0 bridgehead atoms. The second kappa shape index (κ2) is 4.85. The molecule has 0 aromatic heterocycles. The van der Waals surface area contributed by atoms with Crippen molar-refractivity contribution in [2.45, 2.75) is 50.6 Å². The van der Waals surface area contributed by atoms with Crippen LogP contribution < -0.4 is 4.90 Å². The largest absolute Gasteiger partial charge is 0.477 e. The van der Waals surface area contributed by atoms with Gasteiger partial charge in [0.25, 0.3) is 0 Å². The Hall–Kier alpha value is -1.81. The van der Waals surface area contributed by atoms with Gasteiger partial charge in [-0.05, 0) is 56.5 Å². The fourth-order valence-corrected chi connectivity index (χ4v) is 6.05. The van der Waals surface area contributed by atoms with Crippen LogP contribution in [0.1, 0.15) is 44.1 Å². The number of carboxylic acids is 1. The fraction of sp³-hybridized carbons (Fsp3) is 0.550. The Bertz CT molecular complexity index is 743. The van der Waals surface area contributed by atoms with Crippen LogP contribution in [-0.2, 0) is 4.79 Å². The smallest absolute Gasteiger partial charge is 0.352 e.